The summed E-state index contributed by atoms with van der Waals surface area (Å²) in [6.07, 6.45) is 1.11. The highest BCUT2D eigenvalue weighted by molar-refractivity contribution is 5.97. The van der Waals surface area contributed by atoms with Crippen LogP contribution in [0.3, 0.4) is 0 Å². The van der Waals surface area contributed by atoms with E-state index in [9.17, 15) is 15.0 Å². The van der Waals surface area contributed by atoms with Gasteiger partial charge in [0.25, 0.3) is 0 Å². The standard InChI is InChI=1S/C17H20O4/c1-3-17(20,4-2)11-21-15-10-13-8-6-5-7-12(13)9-14(15)16(18)19/h5-10,20H,3-4,11H2,1-2H3,(H,18,19). The molecule has 0 aromatic heterocycles. The van der Waals surface area contributed by atoms with Gasteiger partial charge in [-0.25, -0.2) is 4.79 Å². The topological polar surface area (TPSA) is 66.8 Å². The van der Waals surface area contributed by atoms with Crippen molar-refractivity contribution in [3.05, 3.63) is 42.0 Å². The first-order chi connectivity index (χ1) is 9.99. The van der Waals surface area contributed by atoms with Gasteiger partial charge in [-0.05, 0) is 35.7 Å². The van der Waals surface area contributed by atoms with Crippen molar-refractivity contribution in [1.82, 2.24) is 0 Å². The number of benzene rings is 2. The molecule has 0 spiro atoms. The summed E-state index contributed by atoms with van der Waals surface area (Å²) in [5, 5.41) is 21.3. The van der Waals surface area contributed by atoms with Gasteiger partial charge in [0.15, 0.2) is 0 Å². The molecule has 21 heavy (non-hydrogen) atoms. The third-order valence-corrected chi connectivity index (χ3v) is 3.89. The van der Waals surface area contributed by atoms with E-state index in [1.165, 1.54) is 0 Å². The fraction of sp³-hybridized carbons (Fsp3) is 0.353. The number of hydrogen-bond acceptors (Lipinski definition) is 3. The fourth-order valence-electron chi connectivity index (χ4n) is 2.17. The minimum atomic E-state index is -1.03. The summed E-state index contributed by atoms with van der Waals surface area (Å²) in [5.41, 5.74) is -0.815. The Morgan fingerprint density at radius 2 is 1.71 bits per heavy atom. The van der Waals surface area contributed by atoms with E-state index < -0.39 is 11.6 Å². The second kappa shape index (κ2) is 6.14. The first-order valence-electron chi connectivity index (χ1n) is 7.10. The highest BCUT2D eigenvalue weighted by atomic mass is 16.5. The van der Waals surface area contributed by atoms with Gasteiger partial charge >= 0.3 is 5.97 Å². The van der Waals surface area contributed by atoms with Crippen LogP contribution in [0.2, 0.25) is 0 Å². The molecule has 0 atom stereocenters. The number of carboxylic acids is 1. The minimum absolute atomic E-state index is 0.0820. The summed E-state index contributed by atoms with van der Waals surface area (Å²) in [6.45, 7) is 3.84. The molecule has 2 N–H and O–H groups in total. The average Bonchev–Trinajstić information content (AvgIpc) is 2.51. The van der Waals surface area contributed by atoms with Crippen molar-refractivity contribution in [2.24, 2.45) is 0 Å². The van der Waals surface area contributed by atoms with Crippen LogP contribution in [-0.4, -0.2) is 28.4 Å². The van der Waals surface area contributed by atoms with Gasteiger partial charge in [-0.1, -0.05) is 38.1 Å². The molecule has 0 heterocycles. The predicted octanol–water partition coefficient (Wildman–Crippen LogP) is 3.47. The molecule has 0 aliphatic rings. The zero-order chi connectivity index (χ0) is 15.5. The lowest BCUT2D eigenvalue weighted by atomic mass is 9.99. The normalized spacial score (nSPS) is 11.6. The molecule has 0 aliphatic heterocycles. The second-order valence-corrected chi connectivity index (χ2v) is 5.22. The monoisotopic (exact) mass is 288 g/mol. The molecule has 0 radical (unpaired) electrons. The van der Waals surface area contributed by atoms with Crippen molar-refractivity contribution in [2.75, 3.05) is 6.61 Å². The zero-order valence-corrected chi connectivity index (χ0v) is 12.3. The van der Waals surface area contributed by atoms with E-state index >= 15 is 0 Å². The van der Waals surface area contributed by atoms with Crippen molar-refractivity contribution >= 4 is 16.7 Å². The van der Waals surface area contributed by atoms with Gasteiger partial charge in [0.1, 0.15) is 17.9 Å². The molecule has 0 saturated heterocycles. The Hall–Kier alpha value is -2.07. The molecule has 112 valence electrons. The lowest BCUT2D eigenvalue weighted by Crippen LogP contribution is -2.34. The summed E-state index contributed by atoms with van der Waals surface area (Å²) in [4.78, 5) is 11.4. The quantitative estimate of drug-likeness (QED) is 0.854. The summed E-state index contributed by atoms with van der Waals surface area (Å²) >= 11 is 0. The Labute approximate surface area is 124 Å². The molecular formula is C17H20O4. The van der Waals surface area contributed by atoms with E-state index in [2.05, 4.69) is 0 Å². The number of carboxylic acid groups (broad SMARTS) is 1. The minimum Gasteiger partial charge on any atom is -0.490 e. The molecule has 2 rings (SSSR count). The molecule has 2 aromatic carbocycles. The smallest absolute Gasteiger partial charge is 0.339 e. The van der Waals surface area contributed by atoms with Crippen molar-refractivity contribution in [3.8, 4) is 5.75 Å². The van der Waals surface area contributed by atoms with Gasteiger partial charge in [0.2, 0.25) is 0 Å². The molecule has 0 aliphatic carbocycles. The Kier molecular flexibility index (Phi) is 4.48. The molecule has 0 bridgehead atoms. The number of carbonyl (C=O) groups is 1. The maximum absolute atomic E-state index is 11.4. The maximum atomic E-state index is 11.4. The summed E-state index contributed by atoms with van der Waals surface area (Å²) in [7, 11) is 0. The van der Waals surface area contributed by atoms with Gasteiger partial charge in [-0.2, -0.15) is 0 Å². The summed E-state index contributed by atoms with van der Waals surface area (Å²) in [6, 6.07) is 10.8. The van der Waals surface area contributed by atoms with E-state index in [1.807, 2.05) is 38.1 Å². The third kappa shape index (κ3) is 3.34. The van der Waals surface area contributed by atoms with Gasteiger partial charge in [-0.15, -0.1) is 0 Å². The molecule has 4 heteroatoms. The number of fused-ring (bicyclic) bond motifs is 1. The molecular weight excluding hydrogens is 268 g/mol. The molecule has 0 fully saturated rings. The van der Waals surface area contributed by atoms with E-state index in [4.69, 9.17) is 4.74 Å². The van der Waals surface area contributed by atoms with Gasteiger partial charge < -0.3 is 14.9 Å². The molecule has 2 aromatic rings. The number of aliphatic hydroxyl groups is 1. The Morgan fingerprint density at radius 3 is 2.24 bits per heavy atom. The van der Waals surface area contributed by atoms with E-state index in [1.54, 1.807) is 12.1 Å². The van der Waals surface area contributed by atoms with Crippen LogP contribution in [0.4, 0.5) is 0 Å². The van der Waals surface area contributed by atoms with Crippen molar-refractivity contribution < 1.29 is 19.7 Å². The Bertz CT molecular complexity index is 644. The lowest BCUT2D eigenvalue weighted by Gasteiger charge is -2.25. The molecule has 0 unspecified atom stereocenters. The Balaban J connectivity index is 2.37. The second-order valence-electron chi connectivity index (χ2n) is 5.22. The number of aromatic carboxylic acids is 1. The van der Waals surface area contributed by atoms with Gasteiger partial charge in [-0.3, -0.25) is 0 Å². The van der Waals surface area contributed by atoms with Gasteiger partial charge in [0.05, 0.1) is 5.60 Å². The van der Waals surface area contributed by atoms with Crippen LogP contribution in [0.5, 0.6) is 5.75 Å². The van der Waals surface area contributed by atoms with E-state index in [0.717, 1.165) is 10.8 Å². The molecule has 0 amide bonds. The summed E-state index contributed by atoms with van der Waals surface area (Å²) < 4.78 is 5.62. The maximum Gasteiger partial charge on any atom is 0.339 e. The SMILES string of the molecule is CCC(O)(CC)COc1cc2ccccc2cc1C(=O)O. The lowest BCUT2D eigenvalue weighted by molar-refractivity contribution is -0.0117. The first kappa shape index (κ1) is 15.3. The van der Waals surface area contributed by atoms with E-state index in [0.29, 0.717) is 18.6 Å². The molecule has 0 saturated carbocycles. The van der Waals surface area contributed by atoms with Crippen molar-refractivity contribution in [1.29, 1.82) is 0 Å². The third-order valence-electron chi connectivity index (χ3n) is 3.89. The van der Waals surface area contributed by atoms with Crippen LogP contribution in [0.1, 0.15) is 37.0 Å². The van der Waals surface area contributed by atoms with Crippen LogP contribution in [-0.2, 0) is 0 Å². The number of ether oxygens (including phenoxy) is 1. The van der Waals surface area contributed by atoms with Crippen LogP contribution < -0.4 is 4.74 Å². The zero-order valence-electron chi connectivity index (χ0n) is 12.3. The van der Waals surface area contributed by atoms with Crippen molar-refractivity contribution in [3.63, 3.8) is 0 Å². The Morgan fingerprint density at radius 1 is 1.14 bits per heavy atom. The first-order valence-corrected chi connectivity index (χ1v) is 7.10. The summed E-state index contributed by atoms with van der Waals surface area (Å²) in [5.74, 6) is -0.742. The highest BCUT2D eigenvalue weighted by Gasteiger charge is 2.24. The predicted molar refractivity (Wildman–Crippen MR) is 81.9 cm³/mol. The van der Waals surface area contributed by atoms with E-state index in [-0.39, 0.29) is 12.2 Å². The average molecular weight is 288 g/mol. The molecule has 4 nitrogen and oxygen atoms in total. The number of rotatable bonds is 6. The van der Waals surface area contributed by atoms with Crippen LogP contribution in [0.25, 0.3) is 10.8 Å². The van der Waals surface area contributed by atoms with Crippen molar-refractivity contribution in [2.45, 2.75) is 32.3 Å². The van der Waals surface area contributed by atoms with Crippen LogP contribution >= 0.6 is 0 Å². The number of hydrogen-bond donors (Lipinski definition) is 2. The highest BCUT2D eigenvalue weighted by Crippen LogP contribution is 2.27. The fourth-order valence-corrected chi connectivity index (χ4v) is 2.17. The van der Waals surface area contributed by atoms with Crippen LogP contribution in [0, 0.1) is 0 Å². The van der Waals surface area contributed by atoms with Gasteiger partial charge in [0, 0.05) is 0 Å². The largest absolute Gasteiger partial charge is 0.490 e. The van der Waals surface area contributed by atoms with Crippen LogP contribution in [0.15, 0.2) is 36.4 Å².